The number of rotatable bonds is 6. The molecule has 0 spiro atoms. The Kier molecular flexibility index (Phi) is 5.56. The lowest BCUT2D eigenvalue weighted by molar-refractivity contribution is 0.324. The van der Waals surface area contributed by atoms with Gasteiger partial charge in [-0.15, -0.1) is 0 Å². The number of fused-ring (bicyclic) bond motifs is 1. The third kappa shape index (κ3) is 3.55. The Balaban J connectivity index is 1.88. The molecule has 4 aromatic rings. The molecule has 2 heterocycles. The monoisotopic (exact) mass is 440 g/mol. The highest BCUT2D eigenvalue weighted by molar-refractivity contribution is 5.94. The topological polar surface area (TPSA) is 70.4 Å². The van der Waals surface area contributed by atoms with E-state index in [1.807, 2.05) is 13.8 Å². The first-order valence-electron chi connectivity index (χ1n) is 9.74. The quantitative estimate of drug-likeness (QED) is 0.451. The lowest BCUT2D eigenvalue weighted by Gasteiger charge is -2.15. The number of benzene rings is 2. The zero-order valence-corrected chi connectivity index (χ0v) is 18.3. The highest BCUT2D eigenvalue weighted by Gasteiger charge is 2.20. The summed E-state index contributed by atoms with van der Waals surface area (Å²) in [7, 11) is 4.61. The Morgan fingerprint density at radius 3 is 2.03 bits per heavy atom. The van der Waals surface area contributed by atoms with Gasteiger partial charge in [-0.1, -0.05) is 0 Å². The first-order valence-corrected chi connectivity index (χ1v) is 9.74. The predicted molar refractivity (Wildman–Crippen MR) is 118 cm³/mol. The highest BCUT2D eigenvalue weighted by atomic mass is 19.1. The van der Waals surface area contributed by atoms with Crippen molar-refractivity contribution < 1.29 is 23.0 Å². The number of anilines is 2. The Labute approximate surface area is 183 Å². The molecule has 0 radical (unpaired) electrons. The van der Waals surface area contributed by atoms with Crippen molar-refractivity contribution in [3.63, 3.8) is 0 Å². The summed E-state index contributed by atoms with van der Waals surface area (Å²) < 4.78 is 45.7. The molecule has 0 saturated heterocycles. The molecule has 0 atom stereocenters. The van der Waals surface area contributed by atoms with Crippen molar-refractivity contribution in [1.29, 1.82) is 0 Å². The Morgan fingerprint density at radius 1 is 0.844 bits per heavy atom. The number of hydrogen-bond donors (Lipinski definition) is 1. The van der Waals surface area contributed by atoms with E-state index in [2.05, 4.69) is 15.3 Å². The molecule has 0 aliphatic rings. The van der Waals surface area contributed by atoms with Gasteiger partial charge in [-0.3, -0.25) is 4.57 Å². The average Bonchev–Trinajstić information content (AvgIpc) is 3.03. The van der Waals surface area contributed by atoms with Crippen molar-refractivity contribution in [2.45, 2.75) is 13.8 Å². The van der Waals surface area contributed by atoms with E-state index in [4.69, 9.17) is 14.2 Å². The second kappa shape index (κ2) is 8.33. The maximum Gasteiger partial charge on any atom is 0.203 e. The van der Waals surface area contributed by atoms with Gasteiger partial charge in [0.05, 0.1) is 32.4 Å². The number of methoxy groups -OCH3 is 3. The summed E-state index contributed by atoms with van der Waals surface area (Å²) in [5.74, 6) is 0.647. The lowest BCUT2D eigenvalue weighted by atomic mass is 10.2. The summed E-state index contributed by atoms with van der Waals surface area (Å²) in [4.78, 5) is 8.80. The first-order chi connectivity index (χ1) is 15.4. The van der Waals surface area contributed by atoms with Crippen molar-refractivity contribution in [2.75, 3.05) is 26.6 Å². The number of hydrogen-bond acceptors (Lipinski definition) is 6. The summed E-state index contributed by atoms with van der Waals surface area (Å²) in [6, 6.07) is 6.89. The molecule has 0 aliphatic carbocycles. The van der Waals surface area contributed by atoms with Crippen LogP contribution < -0.4 is 19.5 Å². The first kappa shape index (κ1) is 21.4. The fourth-order valence-electron chi connectivity index (χ4n) is 3.77. The molecular weight excluding hydrogens is 418 g/mol. The zero-order chi connectivity index (χ0) is 23.0. The maximum absolute atomic E-state index is 13.9. The SMILES string of the molecule is COc1cc(Nc2ncnc3c2c(C)c(C)n3-c2cc(F)cc(F)c2)cc(OC)c1OC. The summed E-state index contributed by atoms with van der Waals surface area (Å²) in [6.07, 6.45) is 1.40. The van der Waals surface area contributed by atoms with Crippen LogP contribution in [-0.2, 0) is 0 Å². The van der Waals surface area contributed by atoms with E-state index < -0.39 is 11.6 Å². The van der Waals surface area contributed by atoms with Gasteiger partial charge in [-0.25, -0.2) is 18.7 Å². The summed E-state index contributed by atoms with van der Waals surface area (Å²) in [5, 5.41) is 4.00. The normalized spacial score (nSPS) is 11.0. The molecule has 0 unspecified atom stereocenters. The number of halogens is 2. The highest BCUT2D eigenvalue weighted by Crippen LogP contribution is 2.41. The van der Waals surface area contributed by atoms with Crippen molar-refractivity contribution in [2.24, 2.45) is 0 Å². The molecule has 0 fully saturated rings. The maximum atomic E-state index is 13.9. The summed E-state index contributed by atoms with van der Waals surface area (Å²) >= 11 is 0. The minimum absolute atomic E-state index is 0.343. The van der Waals surface area contributed by atoms with E-state index in [9.17, 15) is 8.78 Å². The van der Waals surface area contributed by atoms with E-state index in [1.54, 1.807) is 16.7 Å². The van der Waals surface area contributed by atoms with Gasteiger partial charge in [0, 0.05) is 29.6 Å². The van der Waals surface area contributed by atoms with Crippen molar-refractivity contribution in [3.05, 3.63) is 59.6 Å². The number of ether oxygens (including phenoxy) is 3. The van der Waals surface area contributed by atoms with Gasteiger partial charge in [0.25, 0.3) is 0 Å². The minimum atomic E-state index is -0.663. The van der Waals surface area contributed by atoms with Crippen LogP contribution >= 0.6 is 0 Å². The van der Waals surface area contributed by atoms with E-state index in [-0.39, 0.29) is 0 Å². The Bertz CT molecular complexity index is 1280. The molecule has 2 aromatic heterocycles. The van der Waals surface area contributed by atoms with Crippen LogP contribution in [0.25, 0.3) is 16.7 Å². The smallest absolute Gasteiger partial charge is 0.203 e. The molecule has 1 N–H and O–H groups in total. The van der Waals surface area contributed by atoms with Gasteiger partial charge in [0.2, 0.25) is 5.75 Å². The predicted octanol–water partition coefficient (Wildman–Crippen LogP) is 5.08. The molecule has 9 heteroatoms. The Morgan fingerprint density at radius 2 is 1.47 bits per heavy atom. The molecule has 32 heavy (non-hydrogen) atoms. The molecule has 166 valence electrons. The minimum Gasteiger partial charge on any atom is -0.493 e. The van der Waals surface area contributed by atoms with Gasteiger partial charge in [-0.2, -0.15) is 0 Å². The molecule has 4 rings (SSSR count). The van der Waals surface area contributed by atoms with Gasteiger partial charge in [-0.05, 0) is 31.5 Å². The molecular formula is C23H22F2N4O3. The molecule has 0 amide bonds. The molecule has 0 aliphatic heterocycles. The number of aryl methyl sites for hydroxylation is 1. The van der Waals surface area contributed by atoms with Crippen LogP contribution in [0.5, 0.6) is 17.2 Å². The van der Waals surface area contributed by atoms with Crippen molar-refractivity contribution in [1.82, 2.24) is 14.5 Å². The summed E-state index contributed by atoms with van der Waals surface area (Å²) in [5.41, 5.74) is 3.19. The molecule has 0 bridgehead atoms. The van der Waals surface area contributed by atoms with E-state index >= 15 is 0 Å². The van der Waals surface area contributed by atoms with Crippen LogP contribution in [0.2, 0.25) is 0 Å². The van der Waals surface area contributed by atoms with E-state index in [0.29, 0.717) is 40.1 Å². The lowest BCUT2D eigenvalue weighted by Crippen LogP contribution is -2.01. The van der Waals surface area contributed by atoms with Crippen LogP contribution in [-0.4, -0.2) is 35.9 Å². The fraction of sp³-hybridized carbons (Fsp3) is 0.217. The van der Waals surface area contributed by atoms with Crippen molar-refractivity contribution >= 4 is 22.5 Å². The van der Waals surface area contributed by atoms with Crippen LogP contribution in [0.4, 0.5) is 20.3 Å². The van der Waals surface area contributed by atoms with Crippen LogP contribution in [0.3, 0.4) is 0 Å². The van der Waals surface area contributed by atoms with Gasteiger partial charge < -0.3 is 19.5 Å². The second-order valence-electron chi connectivity index (χ2n) is 7.13. The molecule has 0 saturated carbocycles. The van der Waals surface area contributed by atoms with Crippen LogP contribution in [0, 0.1) is 25.5 Å². The molecule has 2 aromatic carbocycles. The van der Waals surface area contributed by atoms with E-state index in [1.165, 1.54) is 39.8 Å². The van der Waals surface area contributed by atoms with E-state index in [0.717, 1.165) is 22.7 Å². The van der Waals surface area contributed by atoms with Gasteiger partial charge in [0.15, 0.2) is 17.1 Å². The largest absolute Gasteiger partial charge is 0.493 e. The number of aromatic nitrogens is 3. The van der Waals surface area contributed by atoms with Crippen LogP contribution in [0.1, 0.15) is 11.3 Å². The van der Waals surface area contributed by atoms with Gasteiger partial charge >= 0.3 is 0 Å². The second-order valence-corrected chi connectivity index (χ2v) is 7.13. The van der Waals surface area contributed by atoms with Crippen LogP contribution in [0.15, 0.2) is 36.7 Å². The number of nitrogens with one attached hydrogen (secondary N) is 1. The third-order valence-corrected chi connectivity index (χ3v) is 5.33. The zero-order valence-electron chi connectivity index (χ0n) is 18.3. The molecule has 7 nitrogen and oxygen atoms in total. The summed E-state index contributed by atoms with van der Waals surface area (Å²) in [6.45, 7) is 3.77. The van der Waals surface area contributed by atoms with Crippen molar-refractivity contribution in [3.8, 4) is 22.9 Å². The fourth-order valence-corrected chi connectivity index (χ4v) is 3.77. The average molecular weight is 440 g/mol. The Hall–Kier alpha value is -3.88. The standard InChI is InChI=1S/C23H22F2N4O3/c1-12-13(2)29(17-7-14(24)6-15(25)8-17)23-20(12)22(26-11-27-23)28-16-9-18(30-3)21(32-5)19(10-16)31-4/h6-11H,1-5H3,(H,26,27,28). The third-order valence-electron chi connectivity index (χ3n) is 5.33. The number of nitrogens with zero attached hydrogens (tertiary/aromatic N) is 3. The van der Waals surface area contributed by atoms with Gasteiger partial charge in [0.1, 0.15) is 23.8 Å².